The van der Waals surface area contributed by atoms with Gasteiger partial charge in [0.25, 0.3) is 0 Å². The van der Waals surface area contributed by atoms with Gasteiger partial charge < -0.3 is 10.1 Å². The third kappa shape index (κ3) is 2.87. The maximum absolute atomic E-state index is 5.47. The molecule has 1 N–H and O–H groups in total. The van der Waals surface area contributed by atoms with Crippen molar-refractivity contribution in [1.82, 2.24) is 9.97 Å². The number of hydrogen-bond acceptors (Lipinski definition) is 4. The quantitative estimate of drug-likeness (QED) is 0.871. The Kier molecular flexibility index (Phi) is 3.82. The molecule has 1 aliphatic rings. The Bertz CT molecular complexity index is 381. The van der Waals surface area contributed by atoms with Gasteiger partial charge in [-0.3, -0.25) is 0 Å². The Morgan fingerprint density at radius 3 is 2.88 bits per heavy atom. The summed E-state index contributed by atoms with van der Waals surface area (Å²) in [4.78, 5) is 8.45. The van der Waals surface area contributed by atoms with Crippen LogP contribution in [-0.2, 0) is 0 Å². The molecule has 0 radical (unpaired) electrons. The van der Waals surface area contributed by atoms with Crippen LogP contribution in [0.1, 0.15) is 38.7 Å². The lowest BCUT2D eigenvalue weighted by atomic mass is 10.1. The molecule has 2 rings (SSSR count). The van der Waals surface area contributed by atoms with Gasteiger partial charge in [-0.1, -0.05) is 6.92 Å². The number of nitrogens with one attached hydrogen (secondary N) is 1. The highest BCUT2D eigenvalue weighted by Gasteiger charge is 2.22. The zero-order chi connectivity index (χ0) is 12.3. The summed E-state index contributed by atoms with van der Waals surface area (Å²) in [7, 11) is 0. The van der Waals surface area contributed by atoms with Gasteiger partial charge in [0.1, 0.15) is 12.1 Å². The second-order valence-electron chi connectivity index (χ2n) is 4.84. The van der Waals surface area contributed by atoms with Crippen LogP contribution in [0.25, 0.3) is 0 Å². The Morgan fingerprint density at radius 1 is 1.41 bits per heavy atom. The zero-order valence-corrected chi connectivity index (χ0v) is 10.9. The first-order valence-electron chi connectivity index (χ1n) is 6.41. The molecule has 1 heterocycles. The van der Waals surface area contributed by atoms with Crippen molar-refractivity contribution in [3.05, 3.63) is 11.9 Å². The largest absolute Gasteiger partial charge is 0.478 e. The normalized spacial score (nSPS) is 23.7. The van der Waals surface area contributed by atoms with E-state index in [4.69, 9.17) is 4.74 Å². The van der Waals surface area contributed by atoms with Crippen LogP contribution in [0, 0.1) is 12.8 Å². The molecule has 0 spiro atoms. The van der Waals surface area contributed by atoms with Gasteiger partial charge in [-0.15, -0.1) is 0 Å². The number of ether oxygens (including phenoxy) is 1. The summed E-state index contributed by atoms with van der Waals surface area (Å²) in [5.41, 5.74) is 1.01. The van der Waals surface area contributed by atoms with Crippen molar-refractivity contribution in [1.29, 1.82) is 0 Å². The second kappa shape index (κ2) is 5.34. The van der Waals surface area contributed by atoms with Crippen LogP contribution in [0.2, 0.25) is 0 Å². The Morgan fingerprint density at radius 2 is 2.24 bits per heavy atom. The zero-order valence-electron chi connectivity index (χ0n) is 10.9. The molecule has 94 valence electrons. The van der Waals surface area contributed by atoms with Crippen molar-refractivity contribution in [2.75, 3.05) is 11.9 Å². The number of rotatable bonds is 4. The summed E-state index contributed by atoms with van der Waals surface area (Å²) < 4.78 is 5.47. The highest BCUT2D eigenvalue weighted by molar-refractivity contribution is 5.48. The highest BCUT2D eigenvalue weighted by Crippen LogP contribution is 2.29. The molecule has 17 heavy (non-hydrogen) atoms. The fourth-order valence-corrected chi connectivity index (χ4v) is 2.39. The Labute approximate surface area is 103 Å². The molecule has 1 aromatic rings. The van der Waals surface area contributed by atoms with Crippen molar-refractivity contribution in [3.8, 4) is 5.88 Å². The lowest BCUT2D eigenvalue weighted by Crippen LogP contribution is -2.17. The average molecular weight is 235 g/mol. The van der Waals surface area contributed by atoms with Gasteiger partial charge in [-0.2, -0.15) is 0 Å². The van der Waals surface area contributed by atoms with Crippen molar-refractivity contribution < 1.29 is 4.74 Å². The van der Waals surface area contributed by atoms with Crippen LogP contribution < -0.4 is 10.1 Å². The standard InChI is InChI=1S/C13H21N3O/c1-4-17-13-10(3)12(14-8-15-13)16-11-6-5-9(2)7-11/h8-9,11H,4-7H2,1-3H3,(H,14,15,16). The number of nitrogens with zero attached hydrogens (tertiary/aromatic N) is 2. The van der Waals surface area contributed by atoms with Gasteiger partial charge >= 0.3 is 0 Å². The van der Waals surface area contributed by atoms with Crippen molar-refractivity contribution >= 4 is 5.82 Å². The summed E-state index contributed by atoms with van der Waals surface area (Å²) in [6, 6.07) is 0.549. The van der Waals surface area contributed by atoms with Gasteiger partial charge in [0.15, 0.2) is 0 Å². The molecule has 0 saturated heterocycles. The Hall–Kier alpha value is -1.32. The van der Waals surface area contributed by atoms with Gasteiger partial charge in [0, 0.05) is 6.04 Å². The van der Waals surface area contributed by atoms with Crippen LogP contribution in [-0.4, -0.2) is 22.6 Å². The van der Waals surface area contributed by atoms with E-state index < -0.39 is 0 Å². The summed E-state index contributed by atoms with van der Waals surface area (Å²) in [5, 5.41) is 3.51. The lowest BCUT2D eigenvalue weighted by molar-refractivity contribution is 0.324. The monoisotopic (exact) mass is 235 g/mol. The van der Waals surface area contributed by atoms with E-state index in [1.54, 1.807) is 6.33 Å². The number of aromatic nitrogens is 2. The van der Waals surface area contributed by atoms with Crippen molar-refractivity contribution in [3.63, 3.8) is 0 Å². The second-order valence-corrected chi connectivity index (χ2v) is 4.84. The van der Waals surface area contributed by atoms with E-state index in [2.05, 4.69) is 22.2 Å². The van der Waals surface area contributed by atoms with Gasteiger partial charge in [-0.05, 0) is 39.0 Å². The Balaban J connectivity index is 2.07. The topological polar surface area (TPSA) is 47.0 Å². The van der Waals surface area contributed by atoms with E-state index in [1.165, 1.54) is 19.3 Å². The number of hydrogen-bond donors (Lipinski definition) is 1. The molecule has 2 unspecified atom stereocenters. The predicted octanol–water partition coefficient (Wildman–Crippen LogP) is 2.78. The van der Waals surface area contributed by atoms with Crippen LogP contribution >= 0.6 is 0 Å². The van der Waals surface area contributed by atoms with Crippen LogP contribution in [0.3, 0.4) is 0 Å². The van der Waals surface area contributed by atoms with E-state index in [-0.39, 0.29) is 0 Å². The molecule has 1 saturated carbocycles. The molecule has 1 fully saturated rings. The van der Waals surface area contributed by atoms with Crippen molar-refractivity contribution in [2.24, 2.45) is 5.92 Å². The minimum Gasteiger partial charge on any atom is -0.478 e. The molecule has 0 aliphatic heterocycles. The van der Waals surface area contributed by atoms with E-state index >= 15 is 0 Å². The summed E-state index contributed by atoms with van der Waals surface area (Å²) in [6.07, 6.45) is 5.33. The predicted molar refractivity (Wildman–Crippen MR) is 68.4 cm³/mol. The molecule has 1 aliphatic carbocycles. The highest BCUT2D eigenvalue weighted by atomic mass is 16.5. The van der Waals surface area contributed by atoms with Crippen LogP contribution in [0.15, 0.2) is 6.33 Å². The summed E-state index contributed by atoms with van der Waals surface area (Å²) >= 11 is 0. The smallest absolute Gasteiger partial charge is 0.221 e. The van der Waals surface area contributed by atoms with Crippen LogP contribution in [0.5, 0.6) is 5.88 Å². The molecule has 2 atom stereocenters. The molecule has 0 amide bonds. The molecule has 4 heteroatoms. The van der Waals surface area contributed by atoms with Crippen molar-refractivity contribution in [2.45, 2.75) is 46.1 Å². The first kappa shape index (κ1) is 12.1. The van der Waals surface area contributed by atoms with Crippen LogP contribution in [0.4, 0.5) is 5.82 Å². The van der Waals surface area contributed by atoms with Gasteiger partial charge in [-0.25, -0.2) is 9.97 Å². The molecule has 1 aromatic heterocycles. The van der Waals surface area contributed by atoms with Gasteiger partial charge in [0.2, 0.25) is 5.88 Å². The summed E-state index contributed by atoms with van der Waals surface area (Å²) in [5.74, 6) is 2.43. The molecule has 0 bridgehead atoms. The first-order chi connectivity index (χ1) is 8.20. The first-order valence-corrected chi connectivity index (χ1v) is 6.41. The molecular formula is C13H21N3O. The van der Waals surface area contributed by atoms with E-state index in [9.17, 15) is 0 Å². The van der Waals surface area contributed by atoms with Gasteiger partial charge in [0.05, 0.1) is 12.2 Å². The van der Waals surface area contributed by atoms with E-state index in [0.29, 0.717) is 18.5 Å². The fraction of sp³-hybridized carbons (Fsp3) is 0.692. The maximum Gasteiger partial charge on any atom is 0.221 e. The SMILES string of the molecule is CCOc1ncnc(NC2CCC(C)C2)c1C. The minimum absolute atomic E-state index is 0.549. The average Bonchev–Trinajstić information content (AvgIpc) is 2.70. The third-order valence-electron chi connectivity index (χ3n) is 3.35. The lowest BCUT2D eigenvalue weighted by Gasteiger charge is -2.16. The molecular weight excluding hydrogens is 214 g/mol. The van der Waals surface area contributed by atoms with E-state index in [1.807, 2.05) is 13.8 Å². The maximum atomic E-state index is 5.47. The third-order valence-corrected chi connectivity index (χ3v) is 3.35. The van der Waals surface area contributed by atoms with E-state index in [0.717, 1.165) is 17.3 Å². The fourth-order valence-electron chi connectivity index (χ4n) is 2.39. The number of anilines is 1. The summed E-state index contributed by atoms with van der Waals surface area (Å²) in [6.45, 7) is 6.91. The molecule has 4 nitrogen and oxygen atoms in total. The minimum atomic E-state index is 0.549. The molecule has 0 aromatic carbocycles.